The van der Waals surface area contributed by atoms with E-state index >= 15 is 0 Å². The molecule has 0 saturated carbocycles. The molecule has 0 aliphatic rings. The maximum absolute atomic E-state index is 10.9. The lowest BCUT2D eigenvalue weighted by molar-refractivity contribution is 0.0696. The summed E-state index contributed by atoms with van der Waals surface area (Å²) in [6, 6.07) is 10.6. The number of hydrogen-bond acceptors (Lipinski definition) is 4. The number of carboxylic acids is 1. The van der Waals surface area contributed by atoms with Crippen LogP contribution in [0.25, 0.3) is 11.0 Å². The highest BCUT2D eigenvalue weighted by molar-refractivity contribution is 5.88. The Labute approximate surface area is 139 Å². The Bertz CT molecular complexity index is 886. The number of benzene rings is 2. The molecular formula is C18H19N3O3. The quantitative estimate of drug-likeness (QED) is 0.704. The van der Waals surface area contributed by atoms with Crippen LogP contribution in [0.5, 0.6) is 5.75 Å². The van der Waals surface area contributed by atoms with Crippen molar-refractivity contribution in [1.29, 1.82) is 0 Å². The number of aromatic carboxylic acids is 1. The van der Waals surface area contributed by atoms with Gasteiger partial charge in [-0.2, -0.15) is 0 Å². The van der Waals surface area contributed by atoms with Crippen molar-refractivity contribution in [2.24, 2.45) is 0 Å². The van der Waals surface area contributed by atoms with Gasteiger partial charge in [0.15, 0.2) is 0 Å². The predicted molar refractivity (Wildman–Crippen MR) is 90.5 cm³/mol. The molecule has 0 amide bonds. The fourth-order valence-electron chi connectivity index (χ4n) is 2.51. The second kappa shape index (κ2) is 6.70. The molecule has 1 aromatic heterocycles. The Morgan fingerprint density at radius 1 is 1.21 bits per heavy atom. The largest absolute Gasteiger partial charge is 0.494 e. The van der Waals surface area contributed by atoms with Crippen LogP contribution < -0.4 is 4.74 Å². The Balaban J connectivity index is 1.60. The van der Waals surface area contributed by atoms with Gasteiger partial charge in [-0.1, -0.05) is 11.3 Å². The second-order valence-corrected chi connectivity index (χ2v) is 5.77. The molecule has 0 unspecified atom stereocenters. The molecule has 0 saturated heterocycles. The number of aryl methyl sites for hydroxylation is 3. The van der Waals surface area contributed by atoms with Crippen molar-refractivity contribution < 1.29 is 14.6 Å². The number of carbonyl (C=O) groups is 1. The van der Waals surface area contributed by atoms with E-state index in [0.29, 0.717) is 18.9 Å². The van der Waals surface area contributed by atoms with E-state index in [0.717, 1.165) is 17.5 Å². The molecule has 2 aromatic carbocycles. The van der Waals surface area contributed by atoms with Gasteiger partial charge in [0.1, 0.15) is 11.3 Å². The number of aromatic nitrogens is 3. The molecule has 0 radical (unpaired) electrons. The highest BCUT2D eigenvalue weighted by Crippen LogP contribution is 2.18. The Morgan fingerprint density at radius 2 is 2.00 bits per heavy atom. The first-order valence-corrected chi connectivity index (χ1v) is 7.81. The number of nitrogens with zero attached hydrogens (tertiary/aromatic N) is 3. The minimum atomic E-state index is -0.958. The standard InChI is InChI=1S/C18H19N3O3/c1-12-9-16-17(10-13(12)2)21(20-19-16)7-4-8-24-15-6-3-5-14(11-15)18(22)23/h3,5-6,9-11H,4,7-8H2,1-2H3,(H,22,23). The lowest BCUT2D eigenvalue weighted by atomic mass is 10.1. The van der Waals surface area contributed by atoms with Crippen LogP contribution in [0.4, 0.5) is 0 Å². The van der Waals surface area contributed by atoms with Crippen molar-refractivity contribution in [2.75, 3.05) is 6.61 Å². The first-order valence-electron chi connectivity index (χ1n) is 7.81. The van der Waals surface area contributed by atoms with Crippen molar-refractivity contribution in [1.82, 2.24) is 15.0 Å². The minimum absolute atomic E-state index is 0.223. The number of carboxylic acid groups (broad SMARTS) is 1. The third kappa shape index (κ3) is 3.37. The van der Waals surface area contributed by atoms with Crippen molar-refractivity contribution in [3.63, 3.8) is 0 Å². The van der Waals surface area contributed by atoms with Gasteiger partial charge in [0.05, 0.1) is 17.7 Å². The van der Waals surface area contributed by atoms with Gasteiger partial charge in [0.2, 0.25) is 0 Å². The molecule has 3 aromatic rings. The maximum atomic E-state index is 10.9. The van der Waals surface area contributed by atoms with Crippen molar-refractivity contribution in [3.05, 3.63) is 53.1 Å². The van der Waals surface area contributed by atoms with Crippen LogP contribution in [-0.2, 0) is 6.54 Å². The van der Waals surface area contributed by atoms with E-state index in [1.807, 2.05) is 10.7 Å². The lowest BCUT2D eigenvalue weighted by Gasteiger charge is -2.07. The van der Waals surface area contributed by atoms with Crippen LogP contribution in [0, 0.1) is 13.8 Å². The topological polar surface area (TPSA) is 77.2 Å². The fraction of sp³-hybridized carbons (Fsp3) is 0.278. The zero-order valence-corrected chi connectivity index (χ0v) is 13.7. The van der Waals surface area contributed by atoms with Crippen LogP contribution in [0.1, 0.15) is 27.9 Å². The molecule has 0 atom stereocenters. The van der Waals surface area contributed by atoms with Gasteiger partial charge >= 0.3 is 5.97 Å². The van der Waals surface area contributed by atoms with Gasteiger partial charge < -0.3 is 9.84 Å². The van der Waals surface area contributed by atoms with Crippen molar-refractivity contribution in [2.45, 2.75) is 26.8 Å². The second-order valence-electron chi connectivity index (χ2n) is 5.77. The molecule has 0 bridgehead atoms. The van der Waals surface area contributed by atoms with Gasteiger partial charge in [-0.3, -0.25) is 0 Å². The van der Waals surface area contributed by atoms with E-state index in [1.165, 1.54) is 17.2 Å². The van der Waals surface area contributed by atoms with Crippen molar-refractivity contribution in [3.8, 4) is 5.75 Å². The molecule has 1 heterocycles. The van der Waals surface area contributed by atoms with Crippen LogP contribution in [0.15, 0.2) is 36.4 Å². The third-order valence-electron chi connectivity index (χ3n) is 3.99. The van der Waals surface area contributed by atoms with Crippen LogP contribution >= 0.6 is 0 Å². The molecule has 24 heavy (non-hydrogen) atoms. The Hall–Kier alpha value is -2.89. The first-order chi connectivity index (χ1) is 11.5. The number of ether oxygens (including phenoxy) is 1. The zero-order chi connectivity index (χ0) is 17.1. The van der Waals surface area contributed by atoms with E-state index in [1.54, 1.807) is 18.2 Å². The smallest absolute Gasteiger partial charge is 0.335 e. The summed E-state index contributed by atoms with van der Waals surface area (Å²) < 4.78 is 7.50. The average Bonchev–Trinajstić information content (AvgIpc) is 2.94. The molecule has 124 valence electrons. The van der Waals surface area contributed by atoms with Gasteiger partial charge in [0.25, 0.3) is 0 Å². The van der Waals surface area contributed by atoms with E-state index < -0.39 is 5.97 Å². The Kier molecular flexibility index (Phi) is 4.46. The summed E-state index contributed by atoms with van der Waals surface area (Å²) in [7, 11) is 0. The molecule has 3 rings (SSSR count). The number of hydrogen-bond donors (Lipinski definition) is 1. The van der Waals surface area contributed by atoms with Crippen LogP contribution in [0.2, 0.25) is 0 Å². The summed E-state index contributed by atoms with van der Waals surface area (Å²) in [5.74, 6) is -0.398. The monoisotopic (exact) mass is 325 g/mol. The molecule has 0 spiro atoms. The zero-order valence-electron chi connectivity index (χ0n) is 13.7. The lowest BCUT2D eigenvalue weighted by Crippen LogP contribution is -2.06. The molecule has 0 aliphatic heterocycles. The van der Waals surface area contributed by atoms with Gasteiger partial charge in [-0.15, -0.1) is 5.10 Å². The molecule has 0 aliphatic carbocycles. The van der Waals surface area contributed by atoms with Gasteiger partial charge in [0, 0.05) is 13.0 Å². The average molecular weight is 325 g/mol. The molecular weight excluding hydrogens is 306 g/mol. The summed E-state index contributed by atoms with van der Waals surface area (Å²) in [5, 5.41) is 17.4. The summed E-state index contributed by atoms with van der Waals surface area (Å²) in [4.78, 5) is 10.9. The molecule has 6 nitrogen and oxygen atoms in total. The van der Waals surface area contributed by atoms with E-state index in [4.69, 9.17) is 9.84 Å². The van der Waals surface area contributed by atoms with E-state index in [-0.39, 0.29) is 5.56 Å². The minimum Gasteiger partial charge on any atom is -0.494 e. The van der Waals surface area contributed by atoms with E-state index in [9.17, 15) is 4.79 Å². The van der Waals surface area contributed by atoms with Crippen LogP contribution in [-0.4, -0.2) is 32.7 Å². The first kappa shape index (κ1) is 16.0. The summed E-state index contributed by atoms with van der Waals surface area (Å²) in [5.41, 5.74) is 4.56. The van der Waals surface area contributed by atoms with Crippen LogP contribution in [0.3, 0.4) is 0 Å². The van der Waals surface area contributed by atoms with Gasteiger partial charge in [-0.25, -0.2) is 9.48 Å². The maximum Gasteiger partial charge on any atom is 0.335 e. The summed E-state index contributed by atoms with van der Waals surface area (Å²) in [6.45, 7) is 5.31. The third-order valence-corrected chi connectivity index (χ3v) is 3.99. The summed E-state index contributed by atoms with van der Waals surface area (Å²) >= 11 is 0. The predicted octanol–water partition coefficient (Wildman–Crippen LogP) is 3.22. The number of fused-ring (bicyclic) bond motifs is 1. The summed E-state index contributed by atoms with van der Waals surface area (Å²) in [6.07, 6.45) is 0.753. The van der Waals surface area contributed by atoms with Crippen molar-refractivity contribution >= 4 is 17.0 Å². The Morgan fingerprint density at radius 3 is 2.79 bits per heavy atom. The highest BCUT2D eigenvalue weighted by Gasteiger charge is 2.07. The van der Waals surface area contributed by atoms with Gasteiger partial charge in [-0.05, 0) is 55.3 Å². The number of rotatable bonds is 6. The SMILES string of the molecule is Cc1cc2nnn(CCCOc3cccc(C(=O)O)c3)c2cc1C. The molecule has 1 N–H and O–H groups in total. The normalized spacial score (nSPS) is 10.9. The van der Waals surface area contributed by atoms with E-state index in [2.05, 4.69) is 30.2 Å². The molecule has 6 heteroatoms. The molecule has 0 fully saturated rings. The highest BCUT2D eigenvalue weighted by atomic mass is 16.5. The fourth-order valence-corrected chi connectivity index (χ4v) is 2.51.